The van der Waals surface area contributed by atoms with Crippen LogP contribution in [0.2, 0.25) is 0 Å². The third-order valence-corrected chi connectivity index (χ3v) is 1.81. The van der Waals surface area contributed by atoms with Crippen LogP contribution in [0.4, 0.5) is 0 Å². The predicted molar refractivity (Wildman–Crippen MR) is 53.2 cm³/mol. The van der Waals surface area contributed by atoms with Gasteiger partial charge in [-0.3, -0.25) is 4.79 Å². The standard InChI is InChI=1S/C11H14O3/c1-9(13)14-11-6-4-10(5-7-11)3-2-8-12/h4-7,12H,2-3,8H2,1H3. The Morgan fingerprint density at radius 3 is 2.50 bits per heavy atom. The number of aliphatic hydroxyl groups is 1. The lowest BCUT2D eigenvalue weighted by atomic mass is 10.1. The van der Waals surface area contributed by atoms with Gasteiger partial charge in [0, 0.05) is 13.5 Å². The molecule has 0 radical (unpaired) electrons. The first-order valence-electron chi connectivity index (χ1n) is 4.60. The molecule has 0 aliphatic rings. The highest BCUT2D eigenvalue weighted by atomic mass is 16.5. The average Bonchev–Trinajstić information content (AvgIpc) is 2.16. The van der Waals surface area contributed by atoms with Gasteiger partial charge in [-0.15, -0.1) is 0 Å². The molecule has 76 valence electrons. The minimum Gasteiger partial charge on any atom is -0.427 e. The number of benzene rings is 1. The summed E-state index contributed by atoms with van der Waals surface area (Å²) in [6, 6.07) is 7.31. The number of hydrogen-bond acceptors (Lipinski definition) is 3. The van der Waals surface area contributed by atoms with Gasteiger partial charge in [0.1, 0.15) is 5.75 Å². The molecule has 1 aromatic rings. The van der Waals surface area contributed by atoms with Crippen molar-refractivity contribution >= 4 is 5.97 Å². The molecule has 3 nitrogen and oxygen atoms in total. The Bertz CT molecular complexity index is 290. The van der Waals surface area contributed by atoms with Gasteiger partial charge in [0.2, 0.25) is 0 Å². The van der Waals surface area contributed by atoms with Gasteiger partial charge in [-0.2, -0.15) is 0 Å². The molecule has 0 bridgehead atoms. The lowest BCUT2D eigenvalue weighted by Crippen LogP contribution is -2.01. The van der Waals surface area contributed by atoms with Crippen molar-refractivity contribution in [3.63, 3.8) is 0 Å². The van der Waals surface area contributed by atoms with Crippen LogP contribution in [0, 0.1) is 0 Å². The van der Waals surface area contributed by atoms with E-state index >= 15 is 0 Å². The fourth-order valence-corrected chi connectivity index (χ4v) is 1.17. The molecular weight excluding hydrogens is 180 g/mol. The molecule has 3 heteroatoms. The van der Waals surface area contributed by atoms with Gasteiger partial charge in [0.15, 0.2) is 0 Å². The maximum absolute atomic E-state index is 10.6. The van der Waals surface area contributed by atoms with Crippen LogP contribution in [0.3, 0.4) is 0 Å². The summed E-state index contributed by atoms with van der Waals surface area (Å²) in [6.45, 7) is 1.57. The molecule has 0 aliphatic heterocycles. The maximum Gasteiger partial charge on any atom is 0.308 e. The van der Waals surface area contributed by atoms with Crippen LogP contribution in [0.5, 0.6) is 5.75 Å². The van der Waals surface area contributed by atoms with Gasteiger partial charge in [0.25, 0.3) is 0 Å². The topological polar surface area (TPSA) is 46.5 Å². The Hall–Kier alpha value is -1.35. The van der Waals surface area contributed by atoms with E-state index in [9.17, 15) is 4.79 Å². The van der Waals surface area contributed by atoms with E-state index in [2.05, 4.69) is 0 Å². The molecule has 0 fully saturated rings. The number of aliphatic hydroxyl groups excluding tert-OH is 1. The second-order valence-electron chi connectivity index (χ2n) is 3.06. The molecule has 1 aromatic carbocycles. The summed E-state index contributed by atoms with van der Waals surface area (Å²) in [5.41, 5.74) is 1.13. The Morgan fingerprint density at radius 1 is 1.36 bits per heavy atom. The molecule has 1 rings (SSSR count). The number of ether oxygens (including phenoxy) is 1. The van der Waals surface area contributed by atoms with Crippen LogP contribution in [-0.4, -0.2) is 17.7 Å². The number of rotatable bonds is 4. The summed E-state index contributed by atoms with van der Waals surface area (Å²) >= 11 is 0. The molecule has 0 saturated carbocycles. The maximum atomic E-state index is 10.6. The minimum absolute atomic E-state index is 0.200. The van der Waals surface area contributed by atoms with Gasteiger partial charge in [-0.25, -0.2) is 0 Å². The molecule has 0 aliphatic carbocycles. The fraction of sp³-hybridized carbons (Fsp3) is 0.364. The number of aryl methyl sites for hydroxylation is 1. The van der Waals surface area contributed by atoms with E-state index in [1.165, 1.54) is 6.92 Å². The smallest absolute Gasteiger partial charge is 0.308 e. The Labute approximate surface area is 83.3 Å². The molecule has 0 aromatic heterocycles. The van der Waals surface area contributed by atoms with Crippen molar-refractivity contribution in [3.8, 4) is 5.75 Å². The quantitative estimate of drug-likeness (QED) is 0.584. The van der Waals surface area contributed by atoms with E-state index in [4.69, 9.17) is 9.84 Å². The van der Waals surface area contributed by atoms with Crippen molar-refractivity contribution in [3.05, 3.63) is 29.8 Å². The second-order valence-corrected chi connectivity index (χ2v) is 3.06. The SMILES string of the molecule is CC(=O)Oc1ccc(CCCO)cc1. The van der Waals surface area contributed by atoms with Gasteiger partial charge in [-0.05, 0) is 30.5 Å². The van der Waals surface area contributed by atoms with E-state index in [-0.39, 0.29) is 12.6 Å². The van der Waals surface area contributed by atoms with Crippen molar-refractivity contribution in [2.24, 2.45) is 0 Å². The van der Waals surface area contributed by atoms with E-state index in [0.717, 1.165) is 18.4 Å². The molecule has 14 heavy (non-hydrogen) atoms. The van der Waals surface area contributed by atoms with Crippen LogP contribution in [0.1, 0.15) is 18.9 Å². The van der Waals surface area contributed by atoms with E-state index in [0.29, 0.717) is 5.75 Å². The van der Waals surface area contributed by atoms with Crippen LogP contribution < -0.4 is 4.74 Å². The van der Waals surface area contributed by atoms with E-state index < -0.39 is 0 Å². The molecular formula is C11H14O3. The van der Waals surface area contributed by atoms with E-state index in [1.807, 2.05) is 12.1 Å². The molecule has 0 amide bonds. The largest absolute Gasteiger partial charge is 0.427 e. The summed E-state index contributed by atoms with van der Waals surface area (Å²) in [5.74, 6) is 0.248. The van der Waals surface area contributed by atoms with Crippen molar-refractivity contribution in [2.45, 2.75) is 19.8 Å². The molecule has 0 saturated heterocycles. The average molecular weight is 194 g/mol. The third-order valence-electron chi connectivity index (χ3n) is 1.81. The minimum atomic E-state index is -0.312. The zero-order chi connectivity index (χ0) is 10.4. The van der Waals surface area contributed by atoms with Crippen molar-refractivity contribution in [1.29, 1.82) is 0 Å². The number of hydrogen-bond donors (Lipinski definition) is 1. The van der Waals surface area contributed by atoms with Crippen LogP contribution in [-0.2, 0) is 11.2 Å². The van der Waals surface area contributed by atoms with Gasteiger partial charge >= 0.3 is 5.97 Å². The van der Waals surface area contributed by atoms with Gasteiger partial charge in [0.05, 0.1) is 0 Å². The van der Waals surface area contributed by atoms with Crippen LogP contribution in [0.15, 0.2) is 24.3 Å². The van der Waals surface area contributed by atoms with Crippen molar-refractivity contribution in [1.82, 2.24) is 0 Å². The Balaban J connectivity index is 2.54. The van der Waals surface area contributed by atoms with Gasteiger partial charge < -0.3 is 9.84 Å². The first-order valence-corrected chi connectivity index (χ1v) is 4.60. The molecule has 0 unspecified atom stereocenters. The lowest BCUT2D eigenvalue weighted by molar-refractivity contribution is -0.131. The summed E-state index contributed by atoms with van der Waals surface area (Å²) in [7, 11) is 0. The van der Waals surface area contributed by atoms with Crippen LogP contribution >= 0.6 is 0 Å². The highest BCUT2D eigenvalue weighted by Crippen LogP contribution is 2.13. The highest BCUT2D eigenvalue weighted by Gasteiger charge is 1.97. The number of esters is 1. The number of carbonyl (C=O) groups is 1. The molecule has 0 atom stereocenters. The second kappa shape index (κ2) is 5.40. The molecule has 1 N–H and O–H groups in total. The Kier molecular flexibility index (Phi) is 4.13. The fourth-order valence-electron chi connectivity index (χ4n) is 1.17. The van der Waals surface area contributed by atoms with Crippen molar-refractivity contribution < 1.29 is 14.6 Å². The van der Waals surface area contributed by atoms with Gasteiger partial charge in [-0.1, -0.05) is 12.1 Å². The summed E-state index contributed by atoms with van der Waals surface area (Å²) in [4.78, 5) is 10.6. The first-order chi connectivity index (χ1) is 6.72. The number of carbonyl (C=O) groups excluding carboxylic acids is 1. The zero-order valence-corrected chi connectivity index (χ0v) is 8.19. The normalized spacial score (nSPS) is 9.86. The summed E-state index contributed by atoms with van der Waals surface area (Å²) < 4.78 is 4.89. The third kappa shape index (κ3) is 3.58. The monoisotopic (exact) mass is 194 g/mol. The highest BCUT2D eigenvalue weighted by molar-refractivity contribution is 5.69. The Morgan fingerprint density at radius 2 is 2.00 bits per heavy atom. The summed E-state index contributed by atoms with van der Waals surface area (Å²) in [5, 5.41) is 8.63. The first kappa shape index (κ1) is 10.7. The van der Waals surface area contributed by atoms with Crippen molar-refractivity contribution in [2.75, 3.05) is 6.61 Å². The van der Waals surface area contributed by atoms with E-state index in [1.54, 1.807) is 12.1 Å². The summed E-state index contributed by atoms with van der Waals surface area (Å²) in [6.07, 6.45) is 1.60. The zero-order valence-electron chi connectivity index (χ0n) is 8.19. The molecule has 0 heterocycles. The predicted octanol–water partition coefficient (Wildman–Crippen LogP) is 1.54. The lowest BCUT2D eigenvalue weighted by Gasteiger charge is -2.02. The van der Waals surface area contributed by atoms with Crippen LogP contribution in [0.25, 0.3) is 0 Å². The molecule has 0 spiro atoms.